The highest BCUT2D eigenvalue weighted by Crippen LogP contribution is 3.04. The highest BCUT2D eigenvalue weighted by atomic mass is 16.5. The van der Waals surface area contributed by atoms with Crippen molar-refractivity contribution in [2.75, 3.05) is 14.2 Å². The molecule has 25 heavy (non-hydrogen) atoms. The van der Waals surface area contributed by atoms with E-state index in [0.717, 1.165) is 17.8 Å². The zero-order chi connectivity index (χ0) is 16.5. The molecule has 0 N–H and O–H groups in total. The quantitative estimate of drug-likeness (QED) is 0.733. The summed E-state index contributed by atoms with van der Waals surface area (Å²) < 4.78 is 13.3. The van der Waals surface area contributed by atoms with E-state index in [-0.39, 0.29) is 5.60 Å². The monoisotopic (exact) mass is 340 g/mol. The summed E-state index contributed by atoms with van der Waals surface area (Å²) in [6, 6.07) is 0. The minimum atomic E-state index is 0.264. The van der Waals surface area contributed by atoms with Crippen LogP contribution in [0.4, 0.5) is 0 Å². The molecule has 9 saturated carbocycles. The molecule has 136 valence electrons. The van der Waals surface area contributed by atoms with Crippen molar-refractivity contribution in [2.24, 2.45) is 44.8 Å². The second-order valence-electron chi connectivity index (χ2n) is 11.8. The lowest BCUT2D eigenvalue weighted by atomic mass is 9.23. The second kappa shape index (κ2) is 3.39. The Hall–Kier alpha value is -0.0800. The van der Waals surface area contributed by atoms with Crippen LogP contribution in [0.3, 0.4) is 0 Å². The normalized spacial score (nSPS) is 75.1. The number of methoxy groups -OCH3 is 2. The third-order valence-corrected chi connectivity index (χ3v) is 12.7. The van der Waals surface area contributed by atoms with E-state index in [1.807, 2.05) is 0 Å². The standard InChI is InChI=1S/C23H32O2/c1-24-17-21-9-4-8-20(21)13-19-7-5-10-22(17,19)14-15(19)23(25-2)11-3-6-18(14,12-21)16(20)23/h14-17H,3-13H2,1-2H3. The van der Waals surface area contributed by atoms with Crippen molar-refractivity contribution in [3.05, 3.63) is 0 Å². The first-order valence-electron chi connectivity index (χ1n) is 11.2. The molecule has 9 rings (SSSR count). The van der Waals surface area contributed by atoms with Crippen LogP contribution in [0.25, 0.3) is 0 Å². The summed E-state index contributed by atoms with van der Waals surface area (Å²) in [7, 11) is 4.19. The summed E-state index contributed by atoms with van der Waals surface area (Å²) in [6.45, 7) is 0. The van der Waals surface area contributed by atoms with Gasteiger partial charge in [0.2, 0.25) is 0 Å². The van der Waals surface area contributed by atoms with Gasteiger partial charge >= 0.3 is 0 Å². The Morgan fingerprint density at radius 2 is 1.48 bits per heavy atom. The van der Waals surface area contributed by atoms with Gasteiger partial charge in [0, 0.05) is 31.0 Å². The molecule has 0 aromatic rings. The molecule has 0 saturated heterocycles. The molecule has 0 heterocycles. The van der Waals surface area contributed by atoms with Gasteiger partial charge in [-0.1, -0.05) is 12.8 Å². The largest absolute Gasteiger partial charge is 0.380 e. The second-order valence-corrected chi connectivity index (χ2v) is 11.8. The molecule has 0 aromatic carbocycles. The summed E-state index contributed by atoms with van der Waals surface area (Å²) in [6.07, 6.45) is 16.9. The van der Waals surface area contributed by atoms with Crippen LogP contribution in [0.1, 0.15) is 70.6 Å². The lowest BCUT2D eigenvalue weighted by molar-refractivity contribution is -0.388. The number of ether oxygens (including phenoxy) is 2. The predicted molar refractivity (Wildman–Crippen MR) is 94.0 cm³/mol. The molecule has 8 bridgehead atoms. The van der Waals surface area contributed by atoms with Crippen LogP contribution in [0.2, 0.25) is 0 Å². The SMILES string of the molecule is COC1C23CCCC24CC25CCCC12C1C5C2(OC)CCCC1(C3)C24. The van der Waals surface area contributed by atoms with Gasteiger partial charge in [0.15, 0.2) is 0 Å². The van der Waals surface area contributed by atoms with Crippen molar-refractivity contribution in [3.63, 3.8) is 0 Å². The molecule has 0 amide bonds. The van der Waals surface area contributed by atoms with E-state index in [4.69, 9.17) is 9.47 Å². The molecular weight excluding hydrogens is 308 g/mol. The zero-order valence-electron chi connectivity index (χ0n) is 15.9. The molecular formula is C23H32O2. The maximum Gasteiger partial charge on any atom is 0.0754 e. The molecule has 2 nitrogen and oxygen atoms in total. The van der Waals surface area contributed by atoms with Gasteiger partial charge in [-0.05, 0) is 85.9 Å². The van der Waals surface area contributed by atoms with Crippen molar-refractivity contribution in [2.45, 2.75) is 82.3 Å². The lowest BCUT2D eigenvalue weighted by Gasteiger charge is -2.82. The third kappa shape index (κ3) is 0.841. The van der Waals surface area contributed by atoms with Gasteiger partial charge in [-0.25, -0.2) is 0 Å². The minimum Gasteiger partial charge on any atom is -0.380 e. The van der Waals surface area contributed by atoms with E-state index in [2.05, 4.69) is 14.2 Å². The van der Waals surface area contributed by atoms with Crippen LogP contribution < -0.4 is 0 Å². The van der Waals surface area contributed by atoms with Crippen molar-refractivity contribution >= 4 is 0 Å². The summed E-state index contributed by atoms with van der Waals surface area (Å²) >= 11 is 0. The average molecular weight is 341 g/mol. The van der Waals surface area contributed by atoms with Gasteiger partial charge in [0.25, 0.3) is 0 Å². The molecule has 10 atom stereocenters. The number of hydrogen-bond acceptors (Lipinski definition) is 2. The molecule has 10 unspecified atom stereocenters. The van der Waals surface area contributed by atoms with Gasteiger partial charge in [-0.3, -0.25) is 0 Å². The topological polar surface area (TPSA) is 18.5 Å². The maximum atomic E-state index is 6.71. The molecule has 0 radical (unpaired) electrons. The van der Waals surface area contributed by atoms with Crippen molar-refractivity contribution in [1.82, 2.24) is 0 Å². The van der Waals surface area contributed by atoms with Crippen molar-refractivity contribution in [3.8, 4) is 0 Å². The molecule has 0 aliphatic heterocycles. The molecule has 2 heteroatoms. The number of rotatable bonds is 2. The summed E-state index contributed by atoms with van der Waals surface area (Å²) in [4.78, 5) is 0. The Bertz CT molecular complexity index is 734. The van der Waals surface area contributed by atoms with E-state index in [0.29, 0.717) is 33.2 Å². The van der Waals surface area contributed by atoms with Gasteiger partial charge < -0.3 is 9.47 Å². The molecule has 9 fully saturated rings. The first-order valence-corrected chi connectivity index (χ1v) is 11.2. The average Bonchev–Trinajstić information content (AvgIpc) is 3.11. The molecule has 9 aliphatic carbocycles. The summed E-state index contributed by atoms with van der Waals surface area (Å²) in [5, 5.41) is 0. The van der Waals surface area contributed by atoms with E-state index in [1.165, 1.54) is 64.2 Å². The van der Waals surface area contributed by atoms with Crippen LogP contribution in [-0.4, -0.2) is 25.9 Å². The molecule has 5 spiro atoms. The maximum absolute atomic E-state index is 6.71. The highest BCUT2D eigenvalue weighted by molar-refractivity contribution is 5.50. The van der Waals surface area contributed by atoms with Gasteiger partial charge in [-0.2, -0.15) is 0 Å². The van der Waals surface area contributed by atoms with E-state index >= 15 is 0 Å². The van der Waals surface area contributed by atoms with Gasteiger partial charge in [0.05, 0.1) is 11.7 Å². The van der Waals surface area contributed by atoms with Crippen molar-refractivity contribution in [1.29, 1.82) is 0 Å². The fourth-order valence-corrected chi connectivity index (χ4v) is 13.8. The summed E-state index contributed by atoms with van der Waals surface area (Å²) in [5.41, 5.74) is 3.18. The van der Waals surface area contributed by atoms with Crippen LogP contribution in [0, 0.1) is 44.8 Å². The Labute approximate surface area is 151 Å². The lowest BCUT2D eigenvalue weighted by Crippen LogP contribution is -2.82. The third-order valence-electron chi connectivity index (χ3n) is 12.7. The zero-order valence-corrected chi connectivity index (χ0v) is 15.9. The first kappa shape index (κ1) is 14.0. The Morgan fingerprint density at radius 3 is 2.32 bits per heavy atom. The highest BCUT2D eigenvalue weighted by Gasteiger charge is 3.02. The fourth-order valence-electron chi connectivity index (χ4n) is 13.8. The summed E-state index contributed by atoms with van der Waals surface area (Å²) in [5.74, 6) is 2.73. The minimum absolute atomic E-state index is 0.264. The van der Waals surface area contributed by atoms with Crippen LogP contribution in [0.15, 0.2) is 0 Å². The Kier molecular flexibility index (Phi) is 1.90. The van der Waals surface area contributed by atoms with Crippen LogP contribution in [-0.2, 0) is 9.47 Å². The Morgan fingerprint density at radius 1 is 0.720 bits per heavy atom. The van der Waals surface area contributed by atoms with Crippen LogP contribution >= 0.6 is 0 Å². The van der Waals surface area contributed by atoms with Gasteiger partial charge in [0.1, 0.15) is 0 Å². The smallest absolute Gasteiger partial charge is 0.0754 e. The number of hydrogen-bond donors (Lipinski definition) is 0. The van der Waals surface area contributed by atoms with Gasteiger partial charge in [-0.15, -0.1) is 0 Å². The van der Waals surface area contributed by atoms with E-state index in [9.17, 15) is 0 Å². The van der Waals surface area contributed by atoms with E-state index < -0.39 is 0 Å². The van der Waals surface area contributed by atoms with Crippen molar-refractivity contribution < 1.29 is 9.47 Å². The Balaban J connectivity index is 1.55. The predicted octanol–water partition coefficient (Wildman–Crippen LogP) is 4.57. The first-order chi connectivity index (χ1) is 12.1. The van der Waals surface area contributed by atoms with E-state index in [1.54, 1.807) is 6.42 Å². The fraction of sp³-hybridized carbons (Fsp3) is 1.00. The van der Waals surface area contributed by atoms with Crippen LogP contribution in [0.5, 0.6) is 0 Å². The molecule has 0 aromatic heterocycles. The molecule has 9 aliphatic rings.